The van der Waals surface area contributed by atoms with Gasteiger partial charge in [-0.2, -0.15) is 13.2 Å². The molecule has 0 aliphatic carbocycles. The Balaban J connectivity index is 1.93. The van der Waals surface area contributed by atoms with Crippen LogP contribution in [-0.4, -0.2) is 67.1 Å². The number of amides is 2. The molecule has 2 saturated heterocycles. The number of carbonyl (C=O) groups excluding carboxylic acids is 2. The molecule has 8 heteroatoms. The highest BCUT2D eigenvalue weighted by Gasteiger charge is 2.41. The fourth-order valence-electron chi connectivity index (χ4n) is 2.63. The van der Waals surface area contributed by atoms with Gasteiger partial charge in [0.2, 0.25) is 11.8 Å². The van der Waals surface area contributed by atoms with Gasteiger partial charge in [-0.1, -0.05) is 0 Å². The van der Waals surface area contributed by atoms with Crippen LogP contribution in [0.5, 0.6) is 0 Å². The van der Waals surface area contributed by atoms with Gasteiger partial charge in [0, 0.05) is 32.6 Å². The highest BCUT2D eigenvalue weighted by molar-refractivity contribution is 5.89. The van der Waals surface area contributed by atoms with Crippen molar-refractivity contribution in [1.29, 1.82) is 0 Å². The Morgan fingerprint density at radius 2 is 2.05 bits per heavy atom. The number of likely N-dealkylation sites (tertiary alicyclic amines) is 1. The molecule has 1 unspecified atom stereocenters. The Morgan fingerprint density at radius 1 is 1.30 bits per heavy atom. The van der Waals surface area contributed by atoms with E-state index in [0.717, 1.165) is 17.9 Å². The van der Waals surface area contributed by atoms with Crippen LogP contribution in [0, 0.1) is 5.92 Å². The average Bonchev–Trinajstić information content (AvgIpc) is 2.58. The molecule has 2 aliphatic rings. The molecule has 0 spiro atoms. The summed E-state index contributed by atoms with van der Waals surface area (Å²) in [6, 6.07) is 0. The quantitative estimate of drug-likeness (QED) is 0.792. The van der Waals surface area contributed by atoms with Crippen LogP contribution in [-0.2, 0) is 9.59 Å². The Kier molecular flexibility index (Phi) is 4.52. The molecule has 0 aromatic carbocycles. The Bertz CT molecular complexity index is 379. The van der Waals surface area contributed by atoms with Gasteiger partial charge in [-0.15, -0.1) is 0 Å². The molecule has 2 amide bonds. The van der Waals surface area contributed by atoms with Gasteiger partial charge in [-0.25, -0.2) is 0 Å². The van der Waals surface area contributed by atoms with Crippen molar-refractivity contribution < 1.29 is 22.8 Å². The van der Waals surface area contributed by atoms with Gasteiger partial charge in [0.25, 0.3) is 0 Å². The van der Waals surface area contributed by atoms with E-state index >= 15 is 0 Å². The summed E-state index contributed by atoms with van der Waals surface area (Å²) < 4.78 is 37.0. The van der Waals surface area contributed by atoms with E-state index in [-0.39, 0.29) is 18.9 Å². The van der Waals surface area contributed by atoms with Crippen molar-refractivity contribution in [2.75, 3.05) is 39.3 Å². The summed E-state index contributed by atoms with van der Waals surface area (Å²) in [4.78, 5) is 26.2. The summed E-state index contributed by atoms with van der Waals surface area (Å²) in [6.07, 6.45) is -3.71. The number of hydrogen-bond acceptors (Lipinski definition) is 3. The van der Waals surface area contributed by atoms with Crippen molar-refractivity contribution >= 4 is 11.8 Å². The van der Waals surface area contributed by atoms with Gasteiger partial charge in [0.05, 0.1) is 5.92 Å². The predicted molar refractivity (Wildman–Crippen MR) is 64.8 cm³/mol. The van der Waals surface area contributed by atoms with Crippen molar-refractivity contribution in [3.63, 3.8) is 0 Å². The first-order chi connectivity index (χ1) is 9.37. The smallest absolute Gasteiger partial charge is 0.341 e. The molecular weight excluding hydrogens is 275 g/mol. The zero-order chi connectivity index (χ0) is 14.8. The van der Waals surface area contributed by atoms with Gasteiger partial charge in [0.15, 0.2) is 0 Å². The molecule has 2 heterocycles. The Morgan fingerprint density at radius 3 is 2.75 bits per heavy atom. The number of alkyl halides is 3. The van der Waals surface area contributed by atoms with Crippen LogP contribution in [0.3, 0.4) is 0 Å². The molecule has 1 atom stereocenters. The van der Waals surface area contributed by atoms with E-state index < -0.39 is 24.5 Å². The SMILES string of the molecule is O=C1CC(C(=O)N2CCCNCC2)CN1CC(F)(F)F. The molecule has 20 heavy (non-hydrogen) atoms. The summed E-state index contributed by atoms with van der Waals surface area (Å²) in [5.74, 6) is -1.43. The minimum Gasteiger partial charge on any atom is -0.341 e. The van der Waals surface area contributed by atoms with Crippen LogP contribution in [0.1, 0.15) is 12.8 Å². The fraction of sp³-hybridized carbons (Fsp3) is 0.833. The Labute approximate surface area is 115 Å². The second-order valence-corrected chi connectivity index (χ2v) is 5.22. The van der Waals surface area contributed by atoms with Crippen molar-refractivity contribution in [2.45, 2.75) is 19.0 Å². The third-order valence-electron chi connectivity index (χ3n) is 3.59. The van der Waals surface area contributed by atoms with Crippen molar-refractivity contribution in [3.8, 4) is 0 Å². The van der Waals surface area contributed by atoms with E-state index in [4.69, 9.17) is 0 Å². The second kappa shape index (κ2) is 5.99. The summed E-state index contributed by atoms with van der Waals surface area (Å²) in [5, 5.41) is 3.15. The first kappa shape index (κ1) is 15.1. The van der Waals surface area contributed by atoms with E-state index in [1.165, 1.54) is 0 Å². The van der Waals surface area contributed by atoms with Crippen LogP contribution < -0.4 is 5.32 Å². The normalized spacial score (nSPS) is 24.9. The number of hydrogen-bond donors (Lipinski definition) is 1. The summed E-state index contributed by atoms with van der Waals surface area (Å²) in [6.45, 7) is 1.25. The standard InChI is InChI=1S/C12H18F3N3O2/c13-12(14,15)8-18-7-9(6-10(18)19)11(20)17-4-1-2-16-3-5-17/h9,16H,1-8H2. The average molecular weight is 293 g/mol. The van der Waals surface area contributed by atoms with E-state index in [0.29, 0.717) is 19.6 Å². The molecule has 1 N–H and O–H groups in total. The van der Waals surface area contributed by atoms with Crippen LogP contribution >= 0.6 is 0 Å². The maximum atomic E-state index is 12.3. The molecule has 2 fully saturated rings. The molecule has 2 aliphatic heterocycles. The minimum atomic E-state index is -4.42. The summed E-state index contributed by atoms with van der Waals surface area (Å²) >= 11 is 0. The predicted octanol–water partition coefficient (Wildman–Crippen LogP) is 0.219. The number of rotatable bonds is 2. The number of nitrogens with zero attached hydrogens (tertiary/aromatic N) is 2. The van der Waals surface area contributed by atoms with Crippen molar-refractivity contribution in [3.05, 3.63) is 0 Å². The van der Waals surface area contributed by atoms with Crippen LogP contribution in [0.25, 0.3) is 0 Å². The van der Waals surface area contributed by atoms with Gasteiger partial charge in [0.1, 0.15) is 6.54 Å². The maximum Gasteiger partial charge on any atom is 0.406 e. The minimum absolute atomic E-state index is 0.112. The first-order valence-corrected chi connectivity index (χ1v) is 6.71. The van der Waals surface area contributed by atoms with Crippen molar-refractivity contribution in [2.24, 2.45) is 5.92 Å². The lowest BCUT2D eigenvalue weighted by Crippen LogP contribution is -2.40. The number of halogens is 3. The highest BCUT2D eigenvalue weighted by Crippen LogP contribution is 2.25. The third-order valence-corrected chi connectivity index (χ3v) is 3.59. The maximum absolute atomic E-state index is 12.3. The first-order valence-electron chi connectivity index (χ1n) is 6.71. The van der Waals surface area contributed by atoms with Gasteiger partial charge in [-0.3, -0.25) is 9.59 Å². The van der Waals surface area contributed by atoms with Crippen LogP contribution in [0.2, 0.25) is 0 Å². The lowest BCUT2D eigenvalue weighted by molar-refractivity contribution is -0.157. The molecule has 0 saturated carbocycles. The van der Waals surface area contributed by atoms with E-state index in [1.54, 1.807) is 4.90 Å². The fourth-order valence-corrected chi connectivity index (χ4v) is 2.63. The van der Waals surface area contributed by atoms with Gasteiger partial charge < -0.3 is 15.1 Å². The van der Waals surface area contributed by atoms with E-state index in [9.17, 15) is 22.8 Å². The van der Waals surface area contributed by atoms with Gasteiger partial charge >= 0.3 is 6.18 Å². The molecule has 5 nitrogen and oxygen atoms in total. The van der Waals surface area contributed by atoms with Crippen LogP contribution in [0.4, 0.5) is 13.2 Å². The van der Waals surface area contributed by atoms with Crippen molar-refractivity contribution in [1.82, 2.24) is 15.1 Å². The number of carbonyl (C=O) groups is 2. The zero-order valence-corrected chi connectivity index (χ0v) is 11.1. The van der Waals surface area contributed by atoms with E-state index in [1.807, 2.05) is 0 Å². The molecule has 114 valence electrons. The molecule has 0 aromatic rings. The topological polar surface area (TPSA) is 52.7 Å². The summed E-state index contributed by atoms with van der Waals surface area (Å²) in [5.41, 5.74) is 0. The number of nitrogens with one attached hydrogen (secondary N) is 1. The van der Waals surface area contributed by atoms with Gasteiger partial charge in [-0.05, 0) is 13.0 Å². The molecule has 0 aromatic heterocycles. The largest absolute Gasteiger partial charge is 0.406 e. The molecular formula is C12H18F3N3O2. The van der Waals surface area contributed by atoms with E-state index in [2.05, 4.69) is 5.32 Å². The molecule has 2 rings (SSSR count). The monoisotopic (exact) mass is 293 g/mol. The zero-order valence-electron chi connectivity index (χ0n) is 11.1. The Hall–Kier alpha value is -1.31. The third kappa shape index (κ3) is 3.84. The molecule has 0 bridgehead atoms. The lowest BCUT2D eigenvalue weighted by Gasteiger charge is -2.24. The highest BCUT2D eigenvalue weighted by atomic mass is 19.4. The lowest BCUT2D eigenvalue weighted by atomic mass is 10.1. The molecule has 0 radical (unpaired) electrons. The van der Waals surface area contributed by atoms with Crippen LogP contribution in [0.15, 0.2) is 0 Å². The summed E-state index contributed by atoms with van der Waals surface area (Å²) in [7, 11) is 0. The second-order valence-electron chi connectivity index (χ2n) is 5.22.